The van der Waals surface area contributed by atoms with Crippen LogP contribution in [-0.2, 0) is 6.54 Å². The van der Waals surface area contributed by atoms with Gasteiger partial charge in [-0.25, -0.2) is 9.67 Å². The molecule has 7 nitrogen and oxygen atoms in total. The van der Waals surface area contributed by atoms with Gasteiger partial charge in [0.05, 0.1) is 5.69 Å². The van der Waals surface area contributed by atoms with E-state index in [4.69, 9.17) is 0 Å². The summed E-state index contributed by atoms with van der Waals surface area (Å²) in [5.74, 6) is 0.813. The van der Waals surface area contributed by atoms with Gasteiger partial charge in [0.15, 0.2) is 5.96 Å². The number of nitrogens with zero attached hydrogens (tertiary/aromatic N) is 5. The minimum atomic E-state index is 0. The summed E-state index contributed by atoms with van der Waals surface area (Å²) in [6.45, 7) is 5.78. The lowest BCUT2D eigenvalue weighted by atomic mass is 10.2. The van der Waals surface area contributed by atoms with Crippen molar-refractivity contribution in [3.8, 4) is 5.69 Å². The standard InChI is InChI=1S/C22H29N7.HI/c1-3-28(20-8-5-4-6-9-20)15-7-14-25-22(23-2)26-16-19-10-12-21(13-11-19)29-18-24-17-27-29;/h4-6,8-13,17-18H,3,7,14-16H2,1-2H3,(H2,23,25,26);1H. The van der Waals surface area contributed by atoms with Gasteiger partial charge >= 0.3 is 0 Å². The topological polar surface area (TPSA) is 70.4 Å². The first-order chi connectivity index (χ1) is 14.3. The third-order valence-electron chi connectivity index (χ3n) is 4.70. The zero-order chi connectivity index (χ0) is 20.3. The van der Waals surface area contributed by atoms with E-state index in [1.807, 2.05) is 12.1 Å². The van der Waals surface area contributed by atoms with Crippen LogP contribution in [0.15, 0.2) is 72.2 Å². The predicted molar refractivity (Wildman–Crippen MR) is 134 cm³/mol. The van der Waals surface area contributed by atoms with Gasteiger partial charge in [-0.05, 0) is 43.2 Å². The lowest BCUT2D eigenvalue weighted by Crippen LogP contribution is -2.38. The first-order valence-electron chi connectivity index (χ1n) is 9.98. The van der Waals surface area contributed by atoms with Crippen molar-refractivity contribution >= 4 is 35.6 Å². The minimum Gasteiger partial charge on any atom is -0.372 e. The molecule has 0 saturated heterocycles. The molecule has 3 aromatic rings. The van der Waals surface area contributed by atoms with Crippen molar-refractivity contribution in [2.75, 3.05) is 31.6 Å². The molecule has 0 spiro atoms. The van der Waals surface area contributed by atoms with Gasteiger partial charge in [-0.3, -0.25) is 4.99 Å². The normalized spacial score (nSPS) is 10.9. The summed E-state index contributed by atoms with van der Waals surface area (Å²) in [7, 11) is 1.80. The monoisotopic (exact) mass is 519 g/mol. The molecule has 2 aromatic carbocycles. The van der Waals surface area contributed by atoms with Crippen molar-refractivity contribution in [2.24, 2.45) is 4.99 Å². The Hall–Kier alpha value is -2.62. The van der Waals surface area contributed by atoms with Crippen LogP contribution in [0.4, 0.5) is 5.69 Å². The number of hydrogen-bond acceptors (Lipinski definition) is 4. The van der Waals surface area contributed by atoms with Gasteiger partial charge in [0.1, 0.15) is 12.7 Å². The highest BCUT2D eigenvalue weighted by Crippen LogP contribution is 2.12. The fourth-order valence-corrected chi connectivity index (χ4v) is 3.10. The van der Waals surface area contributed by atoms with Crippen LogP contribution in [0.5, 0.6) is 0 Å². The molecule has 0 aliphatic carbocycles. The number of anilines is 1. The van der Waals surface area contributed by atoms with Crippen LogP contribution in [-0.4, -0.2) is 47.4 Å². The van der Waals surface area contributed by atoms with Gasteiger partial charge in [-0.2, -0.15) is 5.10 Å². The van der Waals surface area contributed by atoms with Gasteiger partial charge < -0.3 is 15.5 Å². The fraction of sp³-hybridized carbons (Fsp3) is 0.318. The van der Waals surface area contributed by atoms with E-state index in [0.29, 0.717) is 6.54 Å². The van der Waals surface area contributed by atoms with Gasteiger partial charge in [0.2, 0.25) is 0 Å². The molecule has 30 heavy (non-hydrogen) atoms. The predicted octanol–water partition coefficient (Wildman–Crippen LogP) is 3.47. The number of aliphatic imine (C=N–C) groups is 1. The highest BCUT2D eigenvalue weighted by molar-refractivity contribution is 14.0. The maximum absolute atomic E-state index is 4.31. The lowest BCUT2D eigenvalue weighted by Gasteiger charge is -2.23. The number of para-hydroxylation sites is 1. The Kier molecular flexibility index (Phi) is 10.1. The van der Waals surface area contributed by atoms with Gasteiger partial charge in [-0.15, -0.1) is 24.0 Å². The second kappa shape index (κ2) is 12.8. The first kappa shape index (κ1) is 23.7. The summed E-state index contributed by atoms with van der Waals surface area (Å²) >= 11 is 0. The highest BCUT2D eigenvalue weighted by atomic mass is 127. The van der Waals surface area contributed by atoms with Crippen LogP contribution in [0.25, 0.3) is 5.69 Å². The van der Waals surface area contributed by atoms with Gasteiger partial charge in [0, 0.05) is 38.9 Å². The molecule has 1 aromatic heterocycles. The Labute approximate surface area is 195 Å². The van der Waals surface area contributed by atoms with Crippen molar-refractivity contribution in [1.29, 1.82) is 0 Å². The first-order valence-corrected chi connectivity index (χ1v) is 9.98. The van der Waals surface area contributed by atoms with Gasteiger partial charge in [-0.1, -0.05) is 30.3 Å². The maximum Gasteiger partial charge on any atom is 0.191 e. The molecule has 160 valence electrons. The fourth-order valence-electron chi connectivity index (χ4n) is 3.10. The molecule has 0 amide bonds. The molecule has 0 atom stereocenters. The Morgan fingerprint density at radius 2 is 1.83 bits per heavy atom. The van der Waals surface area contributed by atoms with E-state index < -0.39 is 0 Å². The Balaban J connectivity index is 0.00000320. The van der Waals surface area contributed by atoms with Gasteiger partial charge in [0.25, 0.3) is 0 Å². The molecule has 1 heterocycles. The highest BCUT2D eigenvalue weighted by Gasteiger charge is 2.04. The molecule has 2 N–H and O–H groups in total. The van der Waals surface area contributed by atoms with Crippen LogP contribution in [0.2, 0.25) is 0 Å². The SMILES string of the molecule is CCN(CCCNC(=NC)NCc1ccc(-n2cncn2)cc1)c1ccccc1.I. The molecule has 0 aliphatic heterocycles. The number of halogens is 1. The molecule has 8 heteroatoms. The smallest absolute Gasteiger partial charge is 0.191 e. The number of guanidine groups is 1. The molecule has 3 rings (SSSR count). The van der Waals surface area contributed by atoms with Crippen LogP contribution in [0.1, 0.15) is 18.9 Å². The number of nitrogens with one attached hydrogen (secondary N) is 2. The van der Waals surface area contributed by atoms with E-state index in [9.17, 15) is 0 Å². The third-order valence-corrected chi connectivity index (χ3v) is 4.70. The van der Waals surface area contributed by atoms with Crippen LogP contribution in [0, 0.1) is 0 Å². The minimum absolute atomic E-state index is 0. The summed E-state index contributed by atoms with van der Waals surface area (Å²) in [4.78, 5) is 10.7. The largest absolute Gasteiger partial charge is 0.372 e. The summed E-state index contributed by atoms with van der Waals surface area (Å²) in [5.41, 5.74) is 3.44. The second-order valence-electron chi connectivity index (χ2n) is 6.63. The van der Waals surface area contributed by atoms with Crippen LogP contribution in [0.3, 0.4) is 0 Å². The van der Waals surface area contributed by atoms with E-state index in [1.54, 1.807) is 18.1 Å². The number of aromatic nitrogens is 3. The summed E-state index contributed by atoms with van der Waals surface area (Å²) in [6.07, 6.45) is 4.26. The molecular formula is C22H30IN7. The lowest BCUT2D eigenvalue weighted by molar-refractivity contribution is 0.708. The third kappa shape index (κ3) is 7.01. The summed E-state index contributed by atoms with van der Waals surface area (Å²) in [5, 5.41) is 10.9. The van der Waals surface area contributed by atoms with Crippen LogP contribution < -0.4 is 15.5 Å². The Bertz CT molecular complexity index is 864. The second-order valence-corrected chi connectivity index (χ2v) is 6.63. The molecule has 0 fully saturated rings. The van der Waals surface area contributed by atoms with Crippen molar-refractivity contribution in [2.45, 2.75) is 19.9 Å². The molecule has 0 saturated carbocycles. The van der Waals surface area contributed by atoms with Crippen LogP contribution >= 0.6 is 24.0 Å². The van der Waals surface area contributed by atoms with Crippen molar-refractivity contribution in [3.05, 3.63) is 72.8 Å². The van der Waals surface area contributed by atoms with Crippen molar-refractivity contribution in [1.82, 2.24) is 25.4 Å². The van der Waals surface area contributed by atoms with E-state index in [1.165, 1.54) is 17.6 Å². The maximum atomic E-state index is 4.31. The van der Waals surface area contributed by atoms with E-state index >= 15 is 0 Å². The van der Waals surface area contributed by atoms with E-state index in [-0.39, 0.29) is 24.0 Å². The Morgan fingerprint density at radius 3 is 2.47 bits per heavy atom. The van der Waals surface area contributed by atoms with E-state index in [2.05, 4.69) is 80.0 Å². The zero-order valence-electron chi connectivity index (χ0n) is 17.5. The number of rotatable bonds is 9. The zero-order valence-corrected chi connectivity index (χ0v) is 19.9. The quantitative estimate of drug-likeness (QED) is 0.196. The molecule has 0 aliphatic rings. The molecule has 0 unspecified atom stereocenters. The van der Waals surface area contributed by atoms with E-state index in [0.717, 1.165) is 37.7 Å². The molecule has 0 radical (unpaired) electrons. The molecule has 0 bridgehead atoms. The molecular weight excluding hydrogens is 489 g/mol. The summed E-state index contributed by atoms with van der Waals surface area (Å²) < 4.78 is 1.74. The average Bonchev–Trinajstić information content (AvgIpc) is 3.32. The Morgan fingerprint density at radius 1 is 1.07 bits per heavy atom. The summed E-state index contributed by atoms with van der Waals surface area (Å²) in [6, 6.07) is 18.8. The number of hydrogen-bond donors (Lipinski definition) is 2. The van der Waals surface area contributed by atoms with Crippen molar-refractivity contribution in [3.63, 3.8) is 0 Å². The average molecular weight is 519 g/mol. The van der Waals surface area contributed by atoms with Crippen molar-refractivity contribution < 1.29 is 0 Å². The number of benzene rings is 2.